The van der Waals surface area contributed by atoms with Crippen LogP contribution in [-0.4, -0.2) is 34.9 Å². The highest BCUT2D eigenvalue weighted by Crippen LogP contribution is 2.16. The van der Waals surface area contributed by atoms with Gasteiger partial charge in [-0.15, -0.1) is 5.10 Å². The molecule has 128 valence electrons. The van der Waals surface area contributed by atoms with Gasteiger partial charge in [0.05, 0.1) is 19.9 Å². The number of benzene rings is 2. The Labute approximate surface area is 143 Å². The molecule has 0 unspecified atom stereocenters. The summed E-state index contributed by atoms with van der Waals surface area (Å²) >= 11 is 0. The number of carbonyl (C=O) groups is 1. The molecule has 0 fully saturated rings. The monoisotopic (exact) mass is 340 g/mol. The third-order valence-corrected chi connectivity index (χ3v) is 3.50. The quantitative estimate of drug-likeness (QED) is 0.738. The number of anilines is 1. The molecular formula is C17H16N4O4. The van der Waals surface area contributed by atoms with E-state index < -0.39 is 11.6 Å². The zero-order valence-electron chi connectivity index (χ0n) is 13.6. The SMILES string of the molecule is COc1ccc(NC(=O)c2nn(-c3ccc(OC)cc3)c(=O)[nH]2)cc1. The lowest BCUT2D eigenvalue weighted by molar-refractivity contribution is 0.101. The number of hydrogen-bond acceptors (Lipinski definition) is 5. The van der Waals surface area contributed by atoms with Crippen LogP contribution in [0.2, 0.25) is 0 Å². The average Bonchev–Trinajstić information content (AvgIpc) is 3.04. The fraction of sp³-hybridized carbons (Fsp3) is 0.118. The fourth-order valence-electron chi connectivity index (χ4n) is 2.19. The second kappa shape index (κ2) is 6.91. The van der Waals surface area contributed by atoms with Crippen molar-refractivity contribution in [2.75, 3.05) is 19.5 Å². The summed E-state index contributed by atoms with van der Waals surface area (Å²) in [5.41, 5.74) is 0.571. The number of hydrogen-bond donors (Lipinski definition) is 2. The molecule has 0 saturated heterocycles. The molecule has 0 aliphatic heterocycles. The van der Waals surface area contributed by atoms with Gasteiger partial charge in [-0.2, -0.15) is 4.68 Å². The summed E-state index contributed by atoms with van der Waals surface area (Å²) in [6.45, 7) is 0. The van der Waals surface area contributed by atoms with Crippen molar-refractivity contribution >= 4 is 11.6 Å². The summed E-state index contributed by atoms with van der Waals surface area (Å²) in [6, 6.07) is 13.6. The summed E-state index contributed by atoms with van der Waals surface area (Å²) in [5.74, 6) is 0.728. The van der Waals surface area contributed by atoms with E-state index in [9.17, 15) is 9.59 Å². The first kappa shape index (κ1) is 16.3. The Morgan fingerprint density at radius 1 is 1.00 bits per heavy atom. The van der Waals surface area contributed by atoms with Gasteiger partial charge in [0.25, 0.3) is 5.91 Å². The van der Waals surface area contributed by atoms with Gasteiger partial charge >= 0.3 is 5.69 Å². The predicted octanol–water partition coefficient (Wildman–Crippen LogP) is 1.83. The minimum absolute atomic E-state index is 0.0864. The van der Waals surface area contributed by atoms with Gasteiger partial charge in [-0.3, -0.25) is 9.78 Å². The number of nitrogens with zero attached hydrogens (tertiary/aromatic N) is 2. The second-order valence-corrected chi connectivity index (χ2v) is 5.07. The Morgan fingerprint density at radius 3 is 2.12 bits per heavy atom. The Kier molecular flexibility index (Phi) is 4.51. The topological polar surface area (TPSA) is 98.2 Å². The van der Waals surface area contributed by atoms with E-state index in [0.29, 0.717) is 22.9 Å². The molecule has 0 atom stereocenters. The smallest absolute Gasteiger partial charge is 0.348 e. The molecule has 0 radical (unpaired) electrons. The van der Waals surface area contributed by atoms with Crippen LogP contribution < -0.4 is 20.5 Å². The zero-order chi connectivity index (χ0) is 17.8. The second-order valence-electron chi connectivity index (χ2n) is 5.07. The molecule has 8 nitrogen and oxygen atoms in total. The summed E-state index contributed by atoms with van der Waals surface area (Å²) in [7, 11) is 3.11. The average molecular weight is 340 g/mol. The fourth-order valence-corrected chi connectivity index (χ4v) is 2.19. The lowest BCUT2D eigenvalue weighted by Gasteiger charge is -2.04. The predicted molar refractivity (Wildman–Crippen MR) is 91.7 cm³/mol. The van der Waals surface area contributed by atoms with Crippen molar-refractivity contribution in [3.8, 4) is 17.2 Å². The van der Waals surface area contributed by atoms with Crippen molar-refractivity contribution in [1.82, 2.24) is 14.8 Å². The van der Waals surface area contributed by atoms with Crippen LogP contribution in [0.25, 0.3) is 5.69 Å². The number of aromatic nitrogens is 3. The van der Waals surface area contributed by atoms with Gasteiger partial charge in [-0.1, -0.05) is 0 Å². The van der Waals surface area contributed by atoms with Crippen molar-refractivity contribution in [2.45, 2.75) is 0 Å². The standard InChI is InChI=1S/C17H16N4O4/c1-24-13-7-3-11(4-8-13)18-16(22)15-19-17(23)21(20-15)12-5-9-14(25-2)10-6-12/h3-10H,1-2H3,(H,18,22)(H,19,20,23). The minimum atomic E-state index is -0.519. The van der Waals surface area contributed by atoms with Crippen LogP contribution >= 0.6 is 0 Å². The minimum Gasteiger partial charge on any atom is -0.497 e. The van der Waals surface area contributed by atoms with Gasteiger partial charge in [-0.25, -0.2) is 4.79 Å². The number of methoxy groups -OCH3 is 2. The largest absolute Gasteiger partial charge is 0.497 e. The van der Waals surface area contributed by atoms with Crippen molar-refractivity contribution < 1.29 is 14.3 Å². The maximum absolute atomic E-state index is 12.3. The molecule has 3 rings (SSSR count). The molecule has 8 heteroatoms. The van der Waals surface area contributed by atoms with E-state index in [1.807, 2.05) is 0 Å². The van der Waals surface area contributed by atoms with Gasteiger partial charge in [0.15, 0.2) is 0 Å². The first-order chi connectivity index (χ1) is 12.1. The Hall–Kier alpha value is -3.55. The highest BCUT2D eigenvalue weighted by Gasteiger charge is 2.14. The summed E-state index contributed by atoms with van der Waals surface area (Å²) in [5, 5.41) is 6.70. The van der Waals surface area contributed by atoms with Crippen molar-refractivity contribution in [2.24, 2.45) is 0 Å². The Balaban J connectivity index is 1.80. The summed E-state index contributed by atoms with van der Waals surface area (Å²) in [6.07, 6.45) is 0. The maximum atomic E-state index is 12.3. The third-order valence-electron chi connectivity index (χ3n) is 3.50. The molecule has 2 N–H and O–H groups in total. The van der Waals surface area contributed by atoms with Crippen LogP contribution in [-0.2, 0) is 0 Å². The van der Waals surface area contributed by atoms with Crippen LogP contribution in [0.5, 0.6) is 11.5 Å². The molecule has 0 saturated carbocycles. The van der Waals surface area contributed by atoms with Crippen LogP contribution in [0.15, 0.2) is 53.3 Å². The summed E-state index contributed by atoms with van der Waals surface area (Å²) in [4.78, 5) is 26.8. The highest BCUT2D eigenvalue weighted by molar-refractivity contribution is 6.01. The van der Waals surface area contributed by atoms with Crippen LogP contribution in [0.1, 0.15) is 10.6 Å². The molecule has 0 aliphatic rings. The van der Waals surface area contributed by atoms with Crippen molar-refractivity contribution in [1.29, 1.82) is 0 Å². The van der Waals surface area contributed by atoms with E-state index >= 15 is 0 Å². The van der Waals surface area contributed by atoms with E-state index in [4.69, 9.17) is 9.47 Å². The molecule has 1 aromatic heterocycles. The molecule has 3 aromatic rings. The van der Waals surface area contributed by atoms with Crippen LogP contribution in [0, 0.1) is 0 Å². The molecule has 0 aliphatic carbocycles. The van der Waals surface area contributed by atoms with E-state index in [-0.39, 0.29) is 5.82 Å². The molecule has 1 amide bonds. The van der Waals surface area contributed by atoms with Gasteiger partial charge in [0.2, 0.25) is 5.82 Å². The Morgan fingerprint density at radius 2 is 1.56 bits per heavy atom. The van der Waals surface area contributed by atoms with E-state index in [1.54, 1.807) is 62.8 Å². The van der Waals surface area contributed by atoms with Gasteiger partial charge in [0, 0.05) is 5.69 Å². The molecule has 25 heavy (non-hydrogen) atoms. The zero-order valence-corrected chi connectivity index (χ0v) is 13.6. The van der Waals surface area contributed by atoms with Crippen LogP contribution in [0.3, 0.4) is 0 Å². The Bertz CT molecular complexity index is 927. The number of nitrogens with one attached hydrogen (secondary N) is 2. The van der Waals surface area contributed by atoms with Gasteiger partial charge in [0.1, 0.15) is 11.5 Å². The first-order valence-corrected chi connectivity index (χ1v) is 7.40. The first-order valence-electron chi connectivity index (χ1n) is 7.40. The van der Waals surface area contributed by atoms with Gasteiger partial charge in [-0.05, 0) is 48.5 Å². The normalized spacial score (nSPS) is 10.3. The van der Waals surface area contributed by atoms with E-state index in [2.05, 4.69) is 15.4 Å². The van der Waals surface area contributed by atoms with E-state index in [1.165, 1.54) is 0 Å². The van der Waals surface area contributed by atoms with Gasteiger partial charge < -0.3 is 14.8 Å². The molecule has 0 spiro atoms. The maximum Gasteiger partial charge on any atom is 0.348 e. The number of H-pyrrole nitrogens is 1. The lowest BCUT2D eigenvalue weighted by atomic mass is 10.3. The van der Waals surface area contributed by atoms with Crippen molar-refractivity contribution in [3.05, 3.63) is 64.8 Å². The number of aromatic amines is 1. The molecule has 2 aromatic carbocycles. The van der Waals surface area contributed by atoms with E-state index in [0.717, 1.165) is 4.68 Å². The lowest BCUT2D eigenvalue weighted by Crippen LogP contribution is -2.15. The third kappa shape index (κ3) is 3.52. The summed E-state index contributed by atoms with van der Waals surface area (Å²) < 4.78 is 11.2. The highest BCUT2D eigenvalue weighted by atomic mass is 16.5. The van der Waals surface area contributed by atoms with Crippen LogP contribution in [0.4, 0.5) is 5.69 Å². The number of ether oxygens (including phenoxy) is 2. The molecule has 1 heterocycles. The van der Waals surface area contributed by atoms with Crippen molar-refractivity contribution in [3.63, 3.8) is 0 Å². The molecular weight excluding hydrogens is 324 g/mol. The number of amides is 1. The number of rotatable bonds is 5. The molecule has 0 bridgehead atoms. The number of carbonyl (C=O) groups excluding carboxylic acids is 1.